The lowest BCUT2D eigenvalue weighted by atomic mass is 10.2. The summed E-state index contributed by atoms with van der Waals surface area (Å²) >= 11 is 0. The predicted octanol–water partition coefficient (Wildman–Crippen LogP) is -1.96. The van der Waals surface area contributed by atoms with E-state index in [1.54, 1.807) is 0 Å². The van der Waals surface area contributed by atoms with Crippen LogP contribution in [-0.2, 0) is 19.1 Å². The summed E-state index contributed by atoms with van der Waals surface area (Å²) in [5.74, 6) is -2.36. The van der Waals surface area contributed by atoms with Crippen molar-refractivity contribution in [2.45, 2.75) is 6.04 Å². The molecule has 0 spiro atoms. The number of methoxy groups -OCH3 is 1. The van der Waals surface area contributed by atoms with Crippen LogP contribution in [0, 0.1) is 0 Å². The second-order valence-electron chi connectivity index (χ2n) is 3.06. The first-order chi connectivity index (χ1) is 7.06. The molecule has 1 atom stereocenters. The predicted molar refractivity (Wildman–Crippen MR) is 48.0 cm³/mol. The quantitative estimate of drug-likeness (QED) is 0.420. The molecule has 0 bridgehead atoms. The summed E-state index contributed by atoms with van der Waals surface area (Å²) in [6.07, 6.45) is 0. The number of esters is 1. The van der Waals surface area contributed by atoms with E-state index in [2.05, 4.69) is 10.1 Å². The zero-order chi connectivity index (χ0) is 11.4. The number of nitrogens with zero attached hydrogens (tertiary/aromatic N) is 1. The van der Waals surface area contributed by atoms with Crippen LogP contribution in [0.4, 0.5) is 0 Å². The summed E-state index contributed by atoms with van der Waals surface area (Å²) in [5, 5.41) is 11.2. The van der Waals surface area contributed by atoms with Gasteiger partial charge in [0.25, 0.3) is 5.91 Å². The highest BCUT2D eigenvalue weighted by atomic mass is 16.5. The Bertz CT molecular complexity index is 291. The lowest BCUT2D eigenvalue weighted by Crippen LogP contribution is -2.59. The van der Waals surface area contributed by atoms with E-state index in [1.807, 2.05) is 0 Å². The molecule has 1 aliphatic rings. The van der Waals surface area contributed by atoms with Crippen LogP contribution in [0.5, 0.6) is 0 Å². The van der Waals surface area contributed by atoms with Crippen LogP contribution < -0.4 is 5.32 Å². The van der Waals surface area contributed by atoms with Crippen molar-refractivity contribution < 1.29 is 24.2 Å². The van der Waals surface area contributed by atoms with Crippen molar-refractivity contribution in [1.82, 2.24) is 10.2 Å². The van der Waals surface area contributed by atoms with Gasteiger partial charge in [0.15, 0.2) is 6.04 Å². The first kappa shape index (κ1) is 11.4. The Kier molecular flexibility index (Phi) is 3.62. The molecule has 1 heterocycles. The molecule has 1 aliphatic heterocycles. The maximum Gasteiger partial charge on any atom is 0.332 e. The molecule has 0 aliphatic carbocycles. The molecule has 2 N–H and O–H groups in total. The zero-order valence-electron chi connectivity index (χ0n) is 8.23. The summed E-state index contributed by atoms with van der Waals surface area (Å²) < 4.78 is 4.42. The van der Waals surface area contributed by atoms with Gasteiger partial charge in [-0.15, -0.1) is 0 Å². The van der Waals surface area contributed by atoms with Gasteiger partial charge in [-0.2, -0.15) is 0 Å². The molecule has 0 unspecified atom stereocenters. The van der Waals surface area contributed by atoms with Gasteiger partial charge in [0.05, 0.1) is 7.11 Å². The van der Waals surface area contributed by atoms with Crippen molar-refractivity contribution in [2.75, 3.05) is 26.7 Å². The normalized spacial score (nSPS) is 21.3. The third-order valence-electron chi connectivity index (χ3n) is 2.05. The van der Waals surface area contributed by atoms with Gasteiger partial charge in [0, 0.05) is 13.1 Å². The molecule has 0 aromatic rings. The fourth-order valence-corrected chi connectivity index (χ4v) is 1.35. The Morgan fingerprint density at radius 2 is 2.33 bits per heavy atom. The Morgan fingerprint density at radius 1 is 1.67 bits per heavy atom. The summed E-state index contributed by atoms with van der Waals surface area (Å²) in [6.45, 7) is 0.255. The van der Waals surface area contributed by atoms with Crippen LogP contribution in [-0.4, -0.2) is 60.6 Å². The Hall–Kier alpha value is -1.63. The van der Waals surface area contributed by atoms with Crippen LogP contribution in [0.2, 0.25) is 0 Å². The summed E-state index contributed by atoms with van der Waals surface area (Å²) in [6, 6.07) is -1.08. The molecular weight excluding hydrogens is 204 g/mol. The van der Waals surface area contributed by atoms with Gasteiger partial charge in [-0.25, -0.2) is 4.79 Å². The Labute approximate surface area is 86.0 Å². The molecule has 0 aromatic heterocycles. The number of carboxylic acid groups (broad SMARTS) is 1. The van der Waals surface area contributed by atoms with Crippen LogP contribution >= 0.6 is 0 Å². The van der Waals surface area contributed by atoms with E-state index in [9.17, 15) is 14.4 Å². The fraction of sp³-hybridized carbons (Fsp3) is 0.625. The lowest BCUT2D eigenvalue weighted by Gasteiger charge is -2.30. The number of carbonyl (C=O) groups excluding carboxylic acids is 2. The molecule has 0 aromatic carbocycles. The molecule has 84 valence electrons. The van der Waals surface area contributed by atoms with Crippen LogP contribution in [0.3, 0.4) is 0 Å². The van der Waals surface area contributed by atoms with Crippen LogP contribution in [0.25, 0.3) is 0 Å². The third kappa shape index (κ3) is 2.66. The van der Waals surface area contributed by atoms with E-state index in [0.717, 1.165) is 4.90 Å². The summed E-state index contributed by atoms with van der Waals surface area (Å²) in [5.41, 5.74) is 0. The molecule has 7 heteroatoms. The first-order valence-electron chi connectivity index (χ1n) is 4.38. The number of nitrogens with one attached hydrogen (secondary N) is 1. The van der Waals surface area contributed by atoms with Crippen molar-refractivity contribution in [3.05, 3.63) is 0 Å². The number of hydrogen-bond acceptors (Lipinski definition) is 5. The van der Waals surface area contributed by atoms with Gasteiger partial charge in [0.1, 0.15) is 6.54 Å². The van der Waals surface area contributed by atoms with Gasteiger partial charge >= 0.3 is 11.9 Å². The number of aliphatic carboxylic acids is 1. The van der Waals surface area contributed by atoms with E-state index in [1.165, 1.54) is 7.11 Å². The van der Waals surface area contributed by atoms with Gasteiger partial charge in [-0.1, -0.05) is 0 Å². The van der Waals surface area contributed by atoms with Crippen LogP contribution in [0.15, 0.2) is 0 Å². The highest BCUT2D eigenvalue weighted by Gasteiger charge is 2.35. The number of piperazine rings is 1. The van der Waals surface area contributed by atoms with Crippen LogP contribution in [0.1, 0.15) is 0 Å². The minimum atomic E-state index is -1.10. The van der Waals surface area contributed by atoms with Crippen molar-refractivity contribution in [3.8, 4) is 0 Å². The topological polar surface area (TPSA) is 95.9 Å². The molecule has 1 saturated heterocycles. The largest absolute Gasteiger partial charge is 0.480 e. The van der Waals surface area contributed by atoms with E-state index in [0.29, 0.717) is 6.54 Å². The molecular formula is C8H12N2O5. The number of carbonyl (C=O) groups is 3. The SMILES string of the molecule is COC(=O)[C@H]1NCCN(CC(=O)O)C1=O. The number of carboxylic acids is 1. The molecule has 7 nitrogen and oxygen atoms in total. The molecule has 0 saturated carbocycles. The number of amides is 1. The highest BCUT2D eigenvalue weighted by Crippen LogP contribution is 2.02. The summed E-state index contributed by atoms with van der Waals surface area (Å²) in [7, 11) is 1.17. The van der Waals surface area contributed by atoms with Crippen molar-refractivity contribution >= 4 is 17.8 Å². The molecule has 1 amide bonds. The van der Waals surface area contributed by atoms with E-state index in [4.69, 9.17) is 5.11 Å². The second-order valence-corrected chi connectivity index (χ2v) is 3.06. The van der Waals surface area contributed by atoms with Gasteiger partial charge < -0.3 is 14.7 Å². The summed E-state index contributed by atoms with van der Waals surface area (Å²) in [4.78, 5) is 34.2. The van der Waals surface area contributed by atoms with E-state index < -0.39 is 30.4 Å². The Morgan fingerprint density at radius 3 is 2.87 bits per heavy atom. The number of ether oxygens (including phenoxy) is 1. The highest BCUT2D eigenvalue weighted by molar-refractivity contribution is 6.03. The minimum absolute atomic E-state index is 0.276. The van der Waals surface area contributed by atoms with Gasteiger partial charge in [-0.3, -0.25) is 14.9 Å². The molecule has 0 radical (unpaired) electrons. The maximum absolute atomic E-state index is 11.6. The van der Waals surface area contributed by atoms with E-state index in [-0.39, 0.29) is 6.54 Å². The van der Waals surface area contributed by atoms with Crippen molar-refractivity contribution in [1.29, 1.82) is 0 Å². The maximum atomic E-state index is 11.6. The first-order valence-corrected chi connectivity index (χ1v) is 4.38. The zero-order valence-corrected chi connectivity index (χ0v) is 8.23. The monoisotopic (exact) mass is 216 g/mol. The standard InChI is InChI=1S/C8H12N2O5/c1-15-8(14)6-7(13)10(3-2-9-6)4-5(11)12/h6,9H,2-4H2,1H3,(H,11,12)/t6-/m0/s1. The second kappa shape index (κ2) is 4.74. The molecule has 1 rings (SSSR count). The van der Waals surface area contributed by atoms with Gasteiger partial charge in [0.2, 0.25) is 0 Å². The van der Waals surface area contributed by atoms with Gasteiger partial charge in [-0.05, 0) is 0 Å². The van der Waals surface area contributed by atoms with Crippen molar-refractivity contribution in [2.24, 2.45) is 0 Å². The fourth-order valence-electron chi connectivity index (χ4n) is 1.35. The third-order valence-corrected chi connectivity index (χ3v) is 2.05. The number of rotatable bonds is 3. The smallest absolute Gasteiger partial charge is 0.332 e. The van der Waals surface area contributed by atoms with E-state index >= 15 is 0 Å². The van der Waals surface area contributed by atoms with Crippen molar-refractivity contribution in [3.63, 3.8) is 0 Å². The minimum Gasteiger partial charge on any atom is -0.480 e. The molecule has 1 fully saturated rings. The average molecular weight is 216 g/mol. The average Bonchev–Trinajstić information content (AvgIpc) is 2.19. The Balaban J connectivity index is 2.66. The lowest BCUT2D eigenvalue weighted by molar-refractivity contribution is -0.155. The number of hydrogen-bond donors (Lipinski definition) is 2. The molecule has 15 heavy (non-hydrogen) atoms.